The Morgan fingerprint density at radius 1 is 0.778 bits per heavy atom. The van der Waals surface area contributed by atoms with E-state index in [4.69, 9.17) is 0 Å². The highest BCUT2D eigenvalue weighted by Crippen LogP contribution is 2.14. The van der Waals surface area contributed by atoms with Gasteiger partial charge in [0.25, 0.3) is 0 Å². The largest absolute Gasteiger partial charge is 0.394 e. The zero-order valence-electron chi connectivity index (χ0n) is 17.8. The Bertz CT molecular complexity index is 338. The highest BCUT2D eigenvalue weighted by atomic mass is 16.3. The quantitative estimate of drug-likeness (QED) is 0.251. The summed E-state index contributed by atoms with van der Waals surface area (Å²) in [6.07, 6.45) is 15.6. The average Bonchev–Trinajstić information content (AvgIpc) is 2.68. The first-order valence-corrected chi connectivity index (χ1v) is 11.3. The Balaban J connectivity index is 3.56. The van der Waals surface area contributed by atoms with Gasteiger partial charge in [-0.3, -0.25) is 4.79 Å². The smallest absolute Gasteiger partial charge is 0.249 e. The van der Waals surface area contributed by atoms with E-state index in [1.807, 2.05) is 0 Å². The zero-order valence-corrected chi connectivity index (χ0v) is 17.8. The molecule has 0 rings (SSSR count). The lowest BCUT2D eigenvalue weighted by atomic mass is 10.0. The average molecular weight is 388 g/mol. The fourth-order valence-electron chi connectivity index (χ4n) is 3.30. The molecule has 0 aliphatic carbocycles. The highest BCUT2D eigenvalue weighted by molar-refractivity contribution is 5.80. The predicted octanol–water partition coefficient (Wildman–Crippen LogP) is 4.08. The van der Waals surface area contributed by atoms with Gasteiger partial charge in [0.05, 0.1) is 18.8 Å². The molecule has 1 amide bonds. The summed E-state index contributed by atoms with van der Waals surface area (Å²) >= 11 is 0. The standard InChI is InChI=1S/C22H45NO4/c1-3-5-6-7-8-9-10-11-12-13-14-15-16-17-21(26)19(18-24)23-22(27)20(25)4-2/h19-21,24-26H,3-18H2,1-2H3,(H,23,27)/t19-,20?,21+/m0/s1. The Kier molecular flexibility index (Phi) is 18.3. The molecule has 0 heterocycles. The second-order valence-electron chi connectivity index (χ2n) is 7.82. The highest BCUT2D eigenvalue weighted by Gasteiger charge is 2.22. The molecule has 0 bridgehead atoms. The van der Waals surface area contributed by atoms with E-state index in [1.165, 1.54) is 70.6 Å². The summed E-state index contributed by atoms with van der Waals surface area (Å²) in [7, 11) is 0. The van der Waals surface area contributed by atoms with Crippen LogP contribution >= 0.6 is 0 Å². The molecule has 5 heteroatoms. The third-order valence-corrected chi connectivity index (χ3v) is 5.28. The molecule has 0 aromatic carbocycles. The van der Waals surface area contributed by atoms with Gasteiger partial charge in [-0.15, -0.1) is 0 Å². The molecule has 0 aromatic rings. The van der Waals surface area contributed by atoms with Gasteiger partial charge in [0.15, 0.2) is 0 Å². The second kappa shape index (κ2) is 18.7. The number of aliphatic hydroxyl groups excluding tert-OH is 3. The van der Waals surface area contributed by atoms with E-state index >= 15 is 0 Å². The van der Waals surface area contributed by atoms with Crippen molar-refractivity contribution in [3.8, 4) is 0 Å². The molecule has 0 saturated heterocycles. The van der Waals surface area contributed by atoms with Gasteiger partial charge in [-0.1, -0.05) is 97.3 Å². The van der Waals surface area contributed by atoms with Crippen LogP contribution in [-0.4, -0.2) is 46.1 Å². The maximum Gasteiger partial charge on any atom is 0.249 e. The Labute approximate surface area is 166 Å². The summed E-state index contributed by atoms with van der Waals surface area (Å²) in [5.74, 6) is -0.527. The number of carbonyl (C=O) groups is 1. The van der Waals surface area contributed by atoms with E-state index in [0.717, 1.165) is 12.8 Å². The number of rotatable bonds is 19. The van der Waals surface area contributed by atoms with Crippen LogP contribution in [0, 0.1) is 0 Å². The molecule has 0 spiro atoms. The molecule has 3 atom stereocenters. The topological polar surface area (TPSA) is 89.8 Å². The summed E-state index contributed by atoms with van der Waals surface area (Å²) < 4.78 is 0. The summed E-state index contributed by atoms with van der Waals surface area (Å²) in [5.41, 5.74) is 0. The molecule has 4 N–H and O–H groups in total. The maximum atomic E-state index is 11.7. The summed E-state index contributed by atoms with van der Waals surface area (Å²) in [6.45, 7) is 3.65. The van der Waals surface area contributed by atoms with Crippen molar-refractivity contribution in [1.82, 2.24) is 5.32 Å². The van der Waals surface area contributed by atoms with Crippen LogP contribution in [0.4, 0.5) is 0 Å². The molecule has 0 aliphatic rings. The summed E-state index contributed by atoms with van der Waals surface area (Å²) in [6, 6.07) is -0.698. The van der Waals surface area contributed by atoms with Crippen LogP contribution in [0.3, 0.4) is 0 Å². The molecule has 0 fully saturated rings. The van der Waals surface area contributed by atoms with Gasteiger partial charge in [0.2, 0.25) is 5.91 Å². The molecule has 0 aliphatic heterocycles. The normalized spacial score (nSPS) is 14.7. The number of carbonyl (C=O) groups excluding carboxylic acids is 1. The molecular weight excluding hydrogens is 342 g/mol. The molecule has 0 aromatic heterocycles. The van der Waals surface area contributed by atoms with Gasteiger partial charge >= 0.3 is 0 Å². The molecule has 162 valence electrons. The number of nitrogens with one attached hydrogen (secondary N) is 1. The van der Waals surface area contributed by atoms with Gasteiger partial charge in [0, 0.05) is 0 Å². The molecular formula is C22H45NO4. The van der Waals surface area contributed by atoms with Crippen molar-refractivity contribution in [2.75, 3.05) is 6.61 Å². The molecule has 5 nitrogen and oxygen atoms in total. The van der Waals surface area contributed by atoms with Crippen LogP contribution in [0.5, 0.6) is 0 Å². The van der Waals surface area contributed by atoms with Gasteiger partial charge in [-0.05, 0) is 12.8 Å². The fourth-order valence-corrected chi connectivity index (χ4v) is 3.30. The fraction of sp³-hybridized carbons (Fsp3) is 0.955. The van der Waals surface area contributed by atoms with E-state index in [2.05, 4.69) is 12.2 Å². The molecule has 0 radical (unpaired) electrons. The second-order valence-corrected chi connectivity index (χ2v) is 7.82. The van der Waals surface area contributed by atoms with Crippen molar-refractivity contribution in [2.45, 2.75) is 128 Å². The minimum atomic E-state index is -1.08. The predicted molar refractivity (Wildman–Crippen MR) is 112 cm³/mol. The Hall–Kier alpha value is -0.650. The SMILES string of the molecule is CCCCCCCCCCCCCCC[C@@H](O)[C@H](CO)NC(=O)C(O)CC. The van der Waals surface area contributed by atoms with E-state index in [1.54, 1.807) is 6.92 Å². The number of hydrogen-bond acceptors (Lipinski definition) is 4. The van der Waals surface area contributed by atoms with Gasteiger partial charge < -0.3 is 20.6 Å². The minimum absolute atomic E-state index is 0.318. The number of hydrogen-bond donors (Lipinski definition) is 4. The van der Waals surface area contributed by atoms with E-state index in [0.29, 0.717) is 12.8 Å². The summed E-state index contributed by atoms with van der Waals surface area (Å²) in [5, 5.41) is 31.5. The van der Waals surface area contributed by atoms with Crippen molar-refractivity contribution in [3.63, 3.8) is 0 Å². The molecule has 27 heavy (non-hydrogen) atoms. The lowest BCUT2D eigenvalue weighted by molar-refractivity contribution is -0.131. The van der Waals surface area contributed by atoms with Crippen LogP contribution in [0.15, 0.2) is 0 Å². The molecule has 0 saturated carbocycles. The first-order valence-electron chi connectivity index (χ1n) is 11.3. The number of amides is 1. The first kappa shape index (κ1) is 26.4. The Morgan fingerprint density at radius 3 is 1.63 bits per heavy atom. The van der Waals surface area contributed by atoms with Crippen molar-refractivity contribution in [2.24, 2.45) is 0 Å². The van der Waals surface area contributed by atoms with Crippen LogP contribution in [-0.2, 0) is 4.79 Å². The van der Waals surface area contributed by atoms with Crippen molar-refractivity contribution in [3.05, 3.63) is 0 Å². The van der Waals surface area contributed by atoms with Gasteiger partial charge in [-0.2, -0.15) is 0 Å². The van der Waals surface area contributed by atoms with Crippen LogP contribution in [0.1, 0.15) is 110 Å². The van der Waals surface area contributed by atoms with Gasteiger partial charge in [-0.25, -0.2) is 0 Å². The van der Waals surface area contributed by atoms with Crippen molar-refractivity contribution in [1.29, 1.82) is 0 Å². The van der Waals surface area contributed by atoms with Crippen molar-refractivity contribution < 1.29 is 20.1 Å². The Morgan fingerprint density at radius 2 is 1.22 bits per heavy atom. The van der Waals surface area contributed by atoms with Gasteiger partial charge in [0.1, 0.15) is 6.10 Å². The van der Waals surface area contributed by atoms with E-state index in [9.17, 15) is 20.1 Å². The third kappa shape index (κ3) is 15.0. The minimum Gasteiger partial charge on any atom is -0.394 e. The maximum absolute atomic E-state index is 11.7. The van der Waals surface area contributed by atoms with E-state index < -0.39 is 24.2 Å². The van der Waals surface area contributed by atoms with Crippen molar-refractivity contribution >= 4 is 5.91 Å². The van der Waals surface area contributed by atoms with Crippen LogP contribution in [0.25, 0.3) is 0 Å². The van der Waals surface area contributed by atoms with Crippen LogP contribution < -0.4 is 5.32 Å². The third-order valence-electron chi connectivity index (χ3n) is 5.28. The van der Waals surface area contributed by atoms with E-state index in [-0.39, 0.29) is 6.61 Å². The number of unbranched alkanes of at least 4 members (excludes halogenated alkanes) is 12. The van der Waals surface area contributed by atoms with Crippen LogP contribution in [0.2, 0.25) is 0 Å². The summed E-state index contributed by atoms with van der Waals surface area (Å²) in [4.78, 5) is 11.7. The zero-order chi connectivity index (χ0) is 20.3. The lowest BCUT2D eigenvalue weighted by Crippen LogP contribution is -2.49. The lowest BCUT2D eigenvalue weighted by Gasteiger charge is -2.23. The number of aliphatic hydroxyl groups is 3. The molecule has 1 unspecified atom stereocenters. The monoisotopic (exact) mass is 387 g/mol. The first-order chi connectivity index (χ1) is 13.1.